The van der Waals surface area contributed by atoms with Gasteiger partial charge in [-0.3, -0.25) is 9.69 Å². The number of rotatable bonds is 6. The van der Waals surface area contributed by atoms with E-state index in [-0.39, 0.29) is 11.9 Å². The summed E-state index contributed by atoms with van der Waals surface area (Å²) in [6, 6.07) is 17.8. The molecule has 25 heavy (non-hydrogen) atoms. The molecule has 132 valence electrons. The lowest BCUT2D eigenvalue weighted by Crippen LogP contribution is -2.45. The van der Waals surface area contributed by atoms with Crippen LogP contribution in [0.15, 0.2) is 54.6 Å². The monoisotopic (exact) mass is 339 g/mol. The zero-order valence-electron chi connectivity index (χ0n) is 14.5. The maximum atomic E-state index is 12.0. The number of methoxy groups -OCH3 is 1. The number of nitrogens with one attached hydrogen (secondary N) is 1. The molecule has 0 spiro atoms. The second-order valence-corrected chi connectivity index (χ2v) is 6.40. The fraction of sp³-hybridized carbons (Fsp3) is 0.350. The average molecular weight is 339 g/mol. The number of amides is 1. The van der Waals surface area contributed by atoms with Crippen LogP contribution in [0.3, 0.4) is 0 Å². The SMILES string of the molecule is COc1cccc(NC2CCN([C@H](C(N)=O)c3ccccc3)CC2)c1. The third kappa shape index (κ3) is 4.31. The van der Waals surface area contributed by atoms with Crippen molar-refractivity contribution in [2.24, 2.45) is 5.73 Å². The standard InChI is InChI=1S/C20H25N3O2/c1-25-18-9-5-8-17(14-18)22-16-10-12-23(13-11-16)19(20(21)24)15-6-3-2-4-7-15/h2-9,14,16,19,22H,10-13H2,1H3,(H2,21,24)/t19-/m0/s1. The van der Waals surface area contributed by atoms with Crippen molar-refractivity contribution < 1.29 is 9.53 Å². The van der Waals surface area contributed by atoms with Crippen LogP contribution in [0.2, 0.25) is 0 Å². The summed E-state index contributed by atoms with van der Waals surface area (Å²) in [5.74, 6) is 0.561. The minimum absolute atomic E-state index is 0.287. The molecule has 1 heterocycles. The molecule has 5 nitrogen and oxygen atoms in total. The van der Waals surface area contributed by atoms with E-state index >= 15 is 0 Å². The van der Waals surface area contributed by atoms with E-state index in [9.17, 15) is 4.79 Å². The number of carbonyl (C=O) groups excluding carboxylic acids is 1. The Morgan fingerprint density at radius 1 is 1.16 bits per heavy atom. The van der Waals surface area contributed by atoms with Gasteiger partial charge < -0.3 is 15.8 Å². The molecule has 2 aromatic carbocycles. The van der Waals surface area contributed by atoms with Crippen molar-refractivity contribution in [2.75, 3.05) is 25.5 Å². The van der Waals surface area contributed by atoms with Crippen LogP contribution in [0.1, 0.15) is 24.4 Å². The first-order chi connectivity index (χ1) is 12.2. The van der Waals surface area contributed by atoms with Crippen molar-refractivity contribution >= 4 is 11.6 Å². The summed E-state index contributed by atoms with van der Waals surface area (Å²) in [4.78, 5) is 14.2. The largest absolute Gasteiger partial charge is 0.497 e. The second kappa shape index (κ2) is 8.03. The van der Waals surface area contributed by atoms with Crippen LogP contribution in [0, 0.1) is 0 Å². The lowest BCUT2D eigenvalue weighted by atomic mass is 9.98. The zero-order chi connectivity index (χ0) is 17.6. The number of nitrogens with two attached hydrogens (primary N) is 1. The lowest BCUT2D eigenvalue weighted by Gasteiger charge is -2.37. The van der Waals surface area contributed by atoms with E-state index < -0.39 is 0 Å². The summed E-state index contributed by atoms with van der Waals surface area (Å²) < 4.78 is 5.27. The van der Waals surface area contributed by atoms with Crippen LogP contribution in [0.5, 0.6) is 5.75 Å². The molecule has 0 aromatic heterocycles. The van der Waals surface area contributed by atoms with Crippen LogP contribution >= 0.6 is 0 Å². The molecule has 0 bridgehead atoms. The predicted octanol–water partition coefficient (Wildman–Crippen LogP) is 2.80. The molecule has 1 atom stereocenters. The van der Waals surface area contributed by atoms with E-state index in [1.807, 2.05) is 54.6 Å². The van der Waals surface area contributed by atoms with Crippen molar-refractivity contribution in [1.82, 2.24) is 4.90 Å². The number of nitrogens with zero attached hydrogens (tertiary/aromatic N) is 1. The topological polar surface area (TPSA) is 67.6 Å². The quantitative estimate of drug-likeness (QED) is 0.849. The number of carbonyl (C=O) groups is 1. The Balaban J connectivity index is 1.61. The maximum absolute atomic E-state index is 12.0. The molecule has 1 amide bonds. The van der Waals surface area contributed by atoms with E-state index in [2.05, 4.69) is 10.2 Å². The molecule has 2 aromatic rings. The van der Waals surface area contributed by atoms with Gasteiger partial charge in [0.2, 0.25) is 5.91 Å². The van der Waals surface area contributed by atoms with Gasteiger partial charge in [0.25, 0.3) is 0 Å². The highest BCUT2D eigenvalue weighted by atomic mass is 16.5. The number of likely N-dealkylation sites (tertiary alicyclic amines) is 1. The number of hydrogen-bond acceptors (Lipinski definition) is 4. The van der Waals surface area contributed by atoms with Crippen LogP contribution < -0.4 is 15.8 Å². The van der Waals surface area contributed by atoms with Crippen LogP contribution in [0.25, 0.3) is 0 Å². The van der Waals surface area contributed by atoms with E-state index in [0.29, 0.717) is 6.04 Å². The van der Waals surface area contributed by atoms with Gasteiger partial charge in [0.1, 0.15) is 11.8 Å². The molecule has 0 unspecified atom stereocenters. The molecule has 0 radical (unpaired) electrons. The Labute approximate surface area is 148 Å². The lowest BCUT2D eigenvalue weighted by molar-refractivity contribution is -0.123. The van der Waals surface area contributed by atoms with Gasteiger partial charge in [-0.15, -0.1) is 0 Å². The molecule has 3 N–H and O–H groups in total. The summed E-state index contributed by atoms with van der Waals surface area (Å²) in [6.07, 6.45) is 1.93. The highest BCUT2D eigenvalue weighted by Gasteiger charge is 2.29. The highest BCUT2D eigenvalue weighted by Crippen LogP contribution is 2.26. The summed E-state index contributed by atoms with van der Waals surface area (Å²) in [6.45, 7) is 1.67. The average Bonchev–Trinajstić information content (AvgIpc) is 2.64. The summed E-state index contributed by atoms with van der Waals surface area (Å²) >= 11 is 0. The van der Waals surface area contributed by atoms with Gasteiger partial charge in [0, 0.05) is 30.9 Å². The van der Waals surface area contributed by atoms with Crippen molar-refractivity contribution in [3.05, 3.63) is 60.2 Å². The number of anilines is 1. The molecule has 0 saturated carbocycles. The fourth-order valence-corrected chi connectivity index (χ4v) is 3.44. The van der Waals surface area contributed by atoms with E-state index in [1.54, 1.807) is 7.11 Å². The fourth-order valence-electron chi connectivity index (χ4n) is 3.44. The first-order valence-corrected chi connectivity index (χ1v) is 8.66. The molecule has 5 heteroatoms. The molecule has 1 fully saturated rings. The Bertz CT molecular complexity index is 697. The van der Waals surface area contributed by atoms with Crippen molar-refractivity contribution in [3.8, 4) is 5.75 Å². The van der Waals surface area contributed by atoms with Gasteiger partial charge in [0.05, 0.1) is 7.11 Å². The van der Waals surface area contributed by atoms with Crippen molar-refractivity contribution in [2.45, 2.75) is 24.9 Å². The van der Waals surface area contributed by atoms with Crippen LogP contribution in [-0.2, 0) is 4.79 Å². The molecule has 1 aliphatic heterocycles. The Kier molecular flexibility index (Phi) is 5.56. The molecule has 1 aliphatic rings. The van der Waals surface area contributed by atoms with E-state index in [1.165, 1.54) is 0 Å². The second-order valence-electron chi connectivity index (χ2n) is 6.40. The first kappa shape index (κ1) is 17.3. The number of ether oxygens (including phenoxy) is 1. The van der Waals surface area contributed by atoms with Gasteiger partial charge in [-0.1, -0.05) is 36.4 Å². The predicted molar refractivity (Wildman–Crippen MR) is 99.6 cm³/mol. The van der Waals surface area contributed by atoms with Crippen molar-refractivity contribution in [1.29, 1.82) is 0 Å². The number of hydrogen-bond donors (Lipinski definition) is 2. The smallest absolute Gasteiger partial charge is 0.239 e. The normalized spacial score (nSPS) is 17.0. The van der Waals surface area contributed by atoms with Gasteiger partial charge in [-0.05, 0) is 30.5 Å². The van der Waals surface area contributed by atoms with Gasteiger partial charge in [0.15, 0.2) is 0 Å². The minimum Gasteiger partial charge on any atom is -0.497 e. The molecule has 1 saturated heterocycles. The van der Waals surface area contributed by atoms with Crippen LogP contribution in [0.4, 0.5) is 5.69 Å². The van der Waals surface area contributed by atoms with Gasteiger partial charge in [-0.2, -0.15) is 0 Å². The molecule has 0 aliphatic carbocycles. The minimum atomic E-state index is -0.348. The van der Waals surface area contributed by atoms with Crippen molar-refractivity contribution in [3.63, 3.8) is 0 Å². The zero-order valence-corrected chi connectivity index (χ0v) is 14.5. The molecule has 3 rings (SSSR count). The first-order valence-electron chi connectivity index (χ1n) is 8.66. The maximum Gasteiger partial charge on any atom is 0.239 e. The van der Waals surface area contributed by atoms with E-state index in [0.717, 1.165) is 42.9 Å². The number of piperidine rings is 1. The van der Waals surface area contributed by atoms with E-state index in [4.69, 9.17) is 10.5 Å². The molecular weight excluding hydrogens is 314 g/mol. The third-order valence-electron chi connectivity index (χ3n) is 4.72. The Morgan fingerprint density at radius 2 is 1.88 bits per heavy atom. The summed E-state index contributed by atoms with van der Waals surface area (Å²) in [5.41, 5.74) is 7.71. The summed E-state index contributed by atoms with van der Waals surface area (Å²) in [5, 5.41) is 3.56. The third-order valence-corrected chi connectivity index (χ3v) is 4.72. The summed E-state index contributed by atoms with van der Waals surface area (Å²) in [7, 11) is 1.67. The van der Waals surface area contributed by atoms with Crippen LogP contribution in [-0.4, -0.2) is 37.0 Å². The Morgan fingerprint density at radius 3 is 2.52 bits per heavy atom. The highest BCUT2D eigenvalue weighted by molar-refractivity contribution is 5.81. The van der Waals surface area contributed by atoms with Gasteiger partial charge >= 0.3 is 0 Å². The number of primary amides is 1. The van der Waals surface area contributed by atoms with Gasteiger partial charge in [-0.25, -0.2) is 0 Å². The molecular formula is C20H25N3O2. The number of benzene rings is 2. The Hall–Kier alpha value is -2.53.